The second-order valence-corrected chi connectivity index (χ2v) is 9.54. The molecule has 0 aliphatic rings. The molecule has 1 nitrogen and oxygen atoms in total. The van der Waals surface area contributed by atoms with Crippen LogP contribution in [0.4, 0.5) is 0 Å². The summed E-state index contributed by atoms with van der Waals surface area (Å²) in [4.78, 5) is 0. The first kappa shape index (κ1) is 11.1. The van der Waals surface area contributed by atoms with Gasteiger partial charge in [0.05, 0.1) is 15.2 Å². The summed E-state index contributed by atoms with van der Waals surface area (Å²) in [7, 11) is 0.614. The zero-order valence-electron chi connectivity index (χ0n) is 9.37. The van der Waals surface area contributed by atoms with Crippen molar-refractivity contribution in [3.63, 3.8) is 0 Å². The van der Waals surface area contributed by atoms with Crippen LogP contribution in [0, 0.1) is 0 Å². The number of benzene rings is 1. The first-order chi connectivity index (χ1) is 6.51. The Hall–Kier alpha value is -1.02. The van der Waals surface area contributed by atoms with E-state index in [0.717, 1.165) is 5.75 Å². The molecule has 0 aromatic heterocycles. The topological polar surface area (TPSA) is 9.23 Å². The Balaban J connectivity index is 2.74. The van der Waals surface area contributed by atoms with Crippen LogP contribution in [-0.4, -0.2) is 15.2 Å². The lowest BCUT2D eigenvalue weighted by Gasteiger charge is -2.08. The second kappa shape index (κ2) is 4.47. The predicted molar refractivity (Wildman–Crippen MR) is 65.4 cm³/mol. The fourth-order valence-electron chi connectivity index (χ4n) is 1.06. The van der Waals surface area contributed by atoms with E-state index in [4.69, 9.17) is 4.74 Å². The van der Waals surface area contributed by atoms with Gasteiger partial charge in [-0.3, -0.25) is 0 Å². The Morgan fingerprint density at radius 1 is 1.07 bits per heavy atom. The molecular weight excluding hydrogens is 188 g/mol. The van der Waals surface area contributed by atoms with E-state index in [1.807, 2.05) is 12.1 Å². The summed E-state index contributed by atoms with van der Waals surface area (Å²) in [5, 5.41) is 0. The minimum Gasteiger partial charge on any atom is -0.497 e. The van der Waals surface area contributed by atoms with Crippen LogP contribution < -0.4 is 4.74 Å². The molecule has 0 aliphatic carbocycles. The molecule has 0 amide bonds. The summed E-state index contributed by atoms with van der Waals surface area (Å²) in [6.45, 7) is 6.98. The summed E-state index contributed by atoms with van der Waals surface area (Å²) in [6.07, 6.45) is 2.20. The van der Waals surface area contributed by atoms with Crippen molar-refractivity contribution in [3.8, 4) is 5.75 Å². The van der Waals surface area contributed by atoms with Crippen LogP contribution in [0.3, 0.4) is 0 Å². The van der Waals surface area contributed by atoms with Gasteiger partial charge in [-0.1, -0.05) is 43.5 Å². The van der Waals surface area contributed by atoms with Gasteiger partial charge < -0.3 is 4.74 Å². The normalized spacial score (nSPS) is 12.0. The van der Waals surface area contributed by atoms with E-state index in [2.05, 4.69) is 43.5 Å². The third-order valence-corrected chi connectivity index (χ3v) is 3.06. The smallest absolute Gasteiger partial charge is 0.118 e. The molecule has 0 fully saturated rings. The van der Waals surface area contributed by atoms with Gasteiger partial charge in [-0.2, -0.15) is 0 Å². The largest absolute Gasteiger partial charge is 0.497 e. The van der Waals surface area contributed by atoms with E-state index in [0.29, 0.717) is 0 Å². The molecule has 1 aromatic rings. The van der Waals surface area contributed by atoms with Crippen molar-refractivity contribution in [2.45, 2.75) is 19.6 Å². The Kier molecular flexibility index (Phi) is 3.53. The molecule has 14 heavy (non-hydrogen) atoms. The molecule has 1 aromatic carbocycles. The summed E-state index contributed by atoms with van der Waals surface area (Å²) in [5.41, 5.74) is 3.59. The van der Waals surface area contributed by atoms with Crippen LogP contribution >= 0.6 is 0 Å². The van der Waals surface area contributed by atoms with Crippen molar-refractivity contribution in [3.05, 3.63) is 35.5 Å². The fourth-order valence-corrected chi connectivity index (χ4v) is 1.75. The standard InChI is InChI=1S/C12H18OSi/c1-13-12-7-5-11(6-8-12)9-10-14(2,3)4/h5-10H,1-4H3/b10-9+. The summed E-state index contributed by atoms with van der Waals surface area (Å²) in [5.74, 6) is 0.912. The molecule has 0 spiro atoms. The van der Waals surface area contributed by atoms with Gasteiger partial charge in [0.2, 0.25) is 0 Å². The molecule has 0 heterocycles. The zero-order chi connectivity index (χ0) is 10.6. The van der Waals surface area contributed by atoms with E-state index >= 15 is 0 Å². The van der Waals surface area contributed by atoms with Crippen LogP contribution in [-0.2, 0) is 0 Å². The minimum atomic E-state index is -1.07. The lowest BCUT2D eigenvalue weighted by molar-refractivity contribution is 0.415. The minimum absolute atomic E-state index is 0.912. The summed E-state index contributed by atoms with van der Waals surface area (Å²) < 4.78 is 5.10. The van der Waals surface area contributed by atoms with Gasteiger partial charge >= 0.3 is 0 Å². The van der Waals surface area contributed by atoms with E-state index in [1.165, 1.54) is 5.56 Å². The van der Waals surface area contributed by atoms with Crippen molar-refractivity contribution in [2.24, 2.45) is 0 Å². The number of methoxy groups -OCH3 is 1. The Morgan fingerprint density at radius 2 is 1.64 bits per heavy atom. The molecule has 1 rings (SSSR count). The molecule has 0 atom stereocenters. The summed E-state index contributed by atoms with van der Waals surface area (Å²) >= 11 is 0. The van der Waals surface area contributed by atoms with Crippen molar-refractivity contribution in [1.29, 1.82) is 0 Å². The SMILES string of the molecule is COc1ccc(/C=C/[Si](C)(C)C)cc1. The Morgan fingerprint density at radius 3 is 2.07 bits per heavy atom. The molecular formula is C12H18OSi. The molecule has 0 aliphatic heterocycles. The third-order valence-electron chi connectivity index (χ3n) is 1.89. The third kappa shape index (κ3) is 3.79. The van der Waals surface area contributed by atoms with Gasteiger partial charge in [0.15, 0.2) is 0 Å². The summed E-state index contributed by atoms with van der Waals surface area (Å²) in [6, 6.07) is 8.14. The van der Waals surface area contributed by atoms with Crippen molar-refractivity contribution in [2.75, 3.05) is 7.11 Å². The Bertz CT molecular complexity index is 306. The number of hydrogen-bond donors (Lipinski definition) is 0. The highest BCUT2D eigenvalue weighted by atomic mass is 28.3. The van der Waals surface area contributed by atoms with Crippen molar-refractivity contribution in [1.82, 2.24) is 0 Å². The molecule has 0 unspecified atom stereocenters. The molecule has 2 heteroatoms. The number of rotatable bonds is 3. The van der Waals surface area contributed by atoms with E-state index in [1.54, 1.807) is 7.11 Å². The molecule has 0 saturated carbocycles. The van der Waals surface area contributed by atoms with Gasteiger partial charge in [0, 0.05) is 0 Å². The van der Waals surface area contributed by atoms with Crippen LogP contribution in [0.25, 0.3) is 6.08 Å². The lowest BCUT2D eigenvalue weighted by Crippen LogP contribution is -2.15. The van der Waals surface area contributed by atoms with E-state index in [9.17, 15) is 0 Å². The monoisotopic (exact) mass is 206 g/mol. The predicted octanol–water partition coefficient (Wildman–Crippen LogP) is 3.59. The Labute approximate surface area is 87.4 Å². The van der Waals surface area contributed by atoms with Crippen molar-refractivity contribution >= 4 is 14.1 Å². The average Bonchev–Trinajstić information content (AvgIpc) is 2.14. The molecule has 0 N–H and O–H groups in total. The quantitative estimate of drug-likeness (QED) is 0.687. The van der Waals surface area contributed by atoms with Crippen LogP contribution in [0.1, 0.15) is 5.56 Å². The maximum Gasteiger partial charge on any atom is 0.118 e. The van der Waals surface area contributed by atoms with Gasteiger partial charge in [0.25, 0.3) is 0 Å². The van der Waals surface area contributed by atoms with Crippen LogP contribution in [0.15, 0.2) is 30.0 Å². The number of hydrogen-bond acceptors (Lipinski definition) is 1. The molecule has 76 valence electrons. The molecule has 0 radical (unpaired) electrons. The van der Waals surface area contributed by atoms with Gasteiger partial charge in [-0.15, -0.1) is 0 Å². The second-order valence-electron chi connectivity index (χ2n) is 4.47. The first-order valence-corrected chi connectivity index (χ1v) is 8.42. The van der Waals surface area contributed by atoms with E-state index in [-0.39, 0.29) is 0 Å². The highest BCUT2D eigenvalue weighted by molar-refractivity contribution is 6.81. The number of ether oxygens (including phenoxy) is 1. The highest BCUT2D eigenvalue weighted by Crippen LogP contribution is 2.13. The lowest BCUT2D eigenvalue weighted by atomic mass is 10.2. The van der Waals surface area contributed by atoms with Gasteiger partial charge in [-0.25, -0.2) is 0 Å². The van der Waals surface area contributed by atoms with Crippen LogP contribution in [0.5, 0.6) is 5.75 Å². The zero-order valence-corrected chi connectivity index (χ0v) is 10.4. The van der Waals surface area contributed by atoms with E-state index < -0.39 is 8.07 Å². The van der Waals surface area contributed by atoms with Gasteiger partial charge in [0.1, 0.15) is 5.75 Å². The fraction of sp³-hybridized carbons (Fsp3) is 0.333. The molecule has 0 bridgehead atoms. The average molecular weight is 206 g/mol. The van der Waals surface area contributed by atoms with Crippen molar-refractivity contribution < 1.29 is 4.74 Å². The maximum absolute atomic E-state index is 5.10. The van der Waals surface area contributed by atoms with Crippen LogP contribution in [0.2, 0.25) is 19.6 Å². The van der Waals surface area contributed by atoms with Gasteiger partial charge in [-0.05, 0) is 17.7 Å². The first-order valence-electron chi connectivity index (χ1n) is 4.84. The maximum atomic E-state index is 5.10. The highest BCUT2D eigenvalue weighted by Gasteiger charge is 2.06. The molecule has 0 saturated heterocycles.